The number of anilines is 1. The summed E-state index contributed by atoms with van der Waals surface area (Å²) in [6.07, 6.45) is -5.86. The number of carboxylic acids is 1. The topological polar surface area (TPSA) is 95.5 Å². The first kappa shape index (κ1) is 23.7. The van der Waals surface area contributed by atoms with Crippen LogP contribution in [0.4, 0.5) is 18.2 Å². The molecule has 0 fully saturated rings. The Labute approximate surface area is 179 Å². The van der Waals surface area contributed by atoms with Gasteiger partial charge >= 0.3 is 18.1 Å². The highest BCUT2D eigenvalue weighted by molar-refractivity contribution is 7.16. The number of aryl methyl sites for hydroxylation is 1. The maximum atomic E-state index is 13.0. The Morgan fingerprint density at radius 3 is 2.30 bits per heavy atom. The van der Waals surface area contributed by atoms with E-state index in [1.807, 2.05) is 0 Å². The molecule has 2 aromatic rings. The third-order valence-corrected chi connectivity index (χ3v) is 5.66. The molecule has 30 heavy (non-hydrogen) atoms. The Kier molecular flexibility index (Phi) is 7.49. The summed E-state index contributed by atoms with van der Waals surface area (Å²) in [6, 6.07) is 4.89. The molecular weight excluding hydrogens is 445 g/mol. The van der Waals surface area contributed by atoms with Gasteiger partial charge in [-0.15, -0.1) is 11.3 Å². The minimum atomic E-state index is -5.14. The number of hydrogen-bond acceptors (Lipinski definition) is 5. The van der Waals surface area contributed by atoms with Crippen LogP contribution in [0.1, 0.15) is 32.8 Å². The van der Waals surface area contributed by atoms with Crippen molar-refractivity contribution in [2.24, 2.45) is 0 Å². The van der Waals surface area contributed by atoms with Crippen LogP contribution in [0.15, 0.2) is 24.3 Å². The van der Waals surface area contributed by atoms with Crippen LogP contribution in [0.3, 0.4) is 0 Å². The summed E-state index contributed by atoms with van der Waals surface area (Å²) in [6.45, 7) is 3.21. The molecule has 6 nitrogen and oxygen atoms in total. The van der Waals surface area contributed by atoms with Gasteiger partial charge in [-0.05, 0) is 43.7 Å². The molecule has 162 valence electrons. The van der Waals surface area contributed by atoms with E-state index in [2.05, 4.69) is 5.32 Å². The van der Waals surface area contributed by atoms with Crippen molar-refractivity contribution in [3.63, 3.8) is 0 Å². The minimum absolute atomic E-state index is 0.311. The molecule has 2 rings (SSSR count). The lowest BCUT2D eigenvalue weighted by atomic mass is 10.0. The lowest BCUT2D eigenvalue weighted by Crippen LogP contribution is -2.47. The number of carbonyl (C=O) groups excluding carboxylic acids is 2. The van der Waals surface area contributed by atoms with Gasteiger partial charge < -0.3 is 15.7 Å². The number of rotatable bonds is 8. The first-order valence-electron chi connectivity index (χ1n) is 8.63. The molecule has 0 aliphatic rings. The SMILES string of the molecule is Cc1sc(NC[C@H](CC(=O)O)NC(=O)C(F)(F)F)c(C(=O)c2ccc(Cl)cc2)c1C. The normalized spacial score (nSPS) is 12.3. The molecule has 1 atom stereocenters. The van der Waals surface area contributed by atoms with E-state index >= 15 is 0 Å². The number of carboxylic acid groups (broad SMARTS) is 1. The number of amides is 1. The second-order valence-electron chi connectivity index (χ2n) is 6.47. The molecule has 1 aromatic heterocycles. The number of carbonyl (C=O) groups is 3. The maximum Gasteiger partial charge on any atom is 0.471 e. The quantitative estimate of drug-likeness (QED) is 0.511. The molecule has 0 unspecified atom stereocenters. The molecule has 0 radical (unpaired) electrons. The van der Waals surface area contributed by atoms with E-state index in [1.165, 1.54) is 11.3 Å². The second kappa shape index (κ2) is 9.48. The lowest BCUT2D eigenvalue weighted by Gasteiger charge is -2.19. The van der Waals surface area contributed by atoms with E-state index in [4.69, 9.17) is 16.7 Å². The number of ketones is 1. The number of hydrogen-bond donors (Lipinski definition) is 3. The fourth-order valence-corrected chi connectivity index (χ4v) is 3.83. The monoisotopic (exact) mass is 462 g/mol. The predicted octanol–water partition coefficient (Wildman–Crippen LogP) is 4.18. The van der Waals surface area contributed by atoms with Crippen molar-refractivity contribution in [1.29, 1.82) is 0 Å². The van der Waals surface area contributed by atoms with Crippen LogP contribution in [0, 0.1) is 13.8 Å². The summed E-state index contributed by atoms with van der Waals surface area (Å²) in [5, 5.41) is 14.3. The molecule has 0 aliphatic heterocycles. The summed E-state index contributed by atoms with van der Waals surface area (Å²) in [5.41, 5.74) is 1.39. The van der Waals surface area contributed by atoms with E-state index in [0.29, 0.717) is 26.7 Å². The van der Waals surface area contributed by atoms with Gasteiger partial charge in [0.25, 0.3) is 0 Å². The third kappa shape index (κ3) is 5.96. The standard InChI is InChI=1S/C19H18ClF3N2O4S/c1-9-10(2)30-17(15(9)16(28)11-3-5-12(20)6-4-11)24-8-13(7-14(26)27)25-18(29)19(21,22)23/h3-6,13,24H,7-8H2,1-2H3,(H,25,29)(H,26,27)/t13-/m0/s1. The number of alkyl halides is 3. The zero-order chi connectivity index (χ0) is 22.6. The molecule has 0 spiro atoms. The summed E-state index contributed by atoms with van der Waals surface area (Å²) in [5.74, 6) is -3.92. The highest BCUT2D eigenvalue weighted by Crippen LogP contribution is 2.34. The zero-order valence-electron chi connectivity index (χ0n) is 15.9. The summed E-state index contributed by atoms with van der Waals surface area (Å²) < 4.78 is 37.6. The van der Waals surface area contributed by atoms with Gasteiger partial charge in [-0.1, -0.05) is 11.6 Å². The van der Waals surface area contributed by atoms with E-state index in [-0.39, 0.29) is 12.3 Å². The van der Waals surface area contributed by atoms with Crippen LogP contribution in [-0.4, -0.2) is 41.5 Å². The Balaban J connectivity index is 2.25. The molecule has 1 heterocycles. The van der Waals surface area contributed by atoms with E-state index in [9.17, 15) is 27.6 Å². The molecule has 0 aliphatic carbocycles. The van der Waals surface area contributed by atoms with Crippen molar-refractivity contribution >= 4 is 45.6 Å². The average Bonchev–Trinajstić information content (AvgIpc) is 2.92. The first-order chi connectivity index (χ1) is 13.9. The predicted molar refractivity (Wildman–Crippen MR) is 107 cm³/mol. The number of benzene rings is 1. The zero-order valence-corrected chi connectivity index (χ0v) is 17.5. The van der Waals surface area contributed by atoms with Crippen molar-refractivity contribution in [3.05, 3.63) is 50.9 Å². The molecule has 1 aromatic carbocycles. The molecule has 0 bridgehead atoms. The number of halogens is 4. The van der Waals surface area contributed by atoms with Crippen LogP contribution in [-0.2, 0) is 9.59 Å². The van der Waals surface area contributed by atoms with Gasteiger partial charge in [0.2, 0.25) is 0 Å². The minimum Gasteiger partial charge on any atom is -0.481 e. The van der Waals surface area contributed by atoms with Crippen LogP contribution in [0.25, 0.3) is 0 Å². The summed E-state index contributed by atoms with van der Waals surface area (Å²) >= 11 is 7.06. The smallest absolute Gasteiger partial charge is 0.471 e. The molecule has 0 saturated carbocycles. The van der Waals surface area contributed by atoms with Crippen molar-refractivity contribution in [3.8, 4) is 0 Å². The van der Waals surface area contributed by atoms with E-state index < -0.39 is 30.5 Å². The van der Waals surface area contributed by atoms with Crippen LogP contribution < -0.4 is 10.6 Å². The molecule has 0 saturated heterocycles. The Bertz CT molecular complexity index is 958. The van der Waals surface area contributed by atoms with Gasteiger partial charge in [-0.25, -0.2) is 0 Å². The fraction of sp³-hybridized carbons (Fsp3) is 0.316. The second-order valence-corrected chi connectivity index (χ2v) is 8.13. The van der Waals surface area contributed by atoms with Crippen molar-refractivity contribution in [2.45, 2.75) is 32.5 Å². The summed E-state index contributed by atoms with van der Waals surface area (Å²) in [7, 11) is 0. The van der Waals surface area contributed by atoms with Gasteiger partial charge in [0.15, 0.2) is 5.78 Å². The molecular formula is C19H18ClF3N2O4S. The first-order valence-corrected chi connectivity index (χ1v) is 9.83. The van der Waals surface area contributed by atoms with Crippen molar-refractivity contribution in [2.75, 3.05) is 11.9 Å². The molecule has 11 heteroatoms. The highest BCUT2D eigenvalue weighted by atomic mass is 35.5. The molecule has 1 amide bonds. The van der Waals surface area contributed by atoms with Crippen molar-refractivity contribution < 1.29 is 32.7 Å². The Morgan fingerprint density at radius 2 is 1.77 bits per heavy atom. The molecule has 3 N–H and O–H groups in total. The van der Waals surface area contributed by atoms with Gasteiger partial charge in [0, 0.05) is 22.0 Å². The largest absolute Gasteiger partial charge is 0.481 e. The van der Waals surface area contributed by atoms with Crippen LogP contribution in [0.2, 0.25) is 5.02 Å². The van der Waals surface area contributed by atoms with Crippen LogP contribution in [0.5, 0.6) is 0 Å². The van der Waals surface area contributed by atoms with Gasteiger partial charge in [0.05, 0.1) is 18.0 Å². The van der Waals surface area contributed by atoms with Gasteiger partial charge in [0.1, 0.15) is 5.00 Å². The van der Waals surface area contributed by atoms with Crippen molar-refractivity contribution in [1.82, 2.24) is 5.32 Å². The Morgan fingerprint density at radius 1 is 1.17 bits per heavy atom. The third-order valence-electron chi connectivity index (χ3n) is 4.24. The fourth-order valence-electron chi connectivity index (χ4n) is 2.64. The van der Waals surface area contributed by atoms with Gasteiger partial charge in [-0.3, -0.25) is 14.4 Å². The van der Waals surface area contributed by atoms with Gasteiger partial charge in [-0.2, -0.15) is 13.2 Å². The lowest BCUT2D eigenvalue weighted by molar-refractivity contribution is -0.174. The number of thiophene rings is 1. The van der Waals surface area contributed by atoms with E-state index in [1.54, 1.807) is 43.4 Å². The highest BCUT2D eigenvalue weighted by Gasteiger charge is 2.40. The number of nitrogens with one attached hydrogen (secondary N) is 2. The number of aliphatic carboxylic acids is 1. The summed E-state index contributed by atoms with van der Waals surface area (Å²) in [4.78, 5) is 35.9. The average molecular weight is 463 g/mol. The van der Waals surface area contributed by atoms with Crippen LogP contribution >= 0.6 is 22.9 Å². The van der Waals surface area contributed by atoms with E-state index in [0.717, 1.165) is 4.88 Å². The Hall–Kier alpha value is -2.59. The maximum absolute atomic E-state index is 13.0.